The number of carbonyl (C=O) groups excluding carboxylic acids is 1. The van der Waals surface area contributed by atoms with E-state index >= 15 is 0 Å². The highest BCUT2D eigenvalue weighted by molar-refractivity contribution is 14.1. The molecule has 2 rings (SSSR count). The molecule has 0 spiro atoms. The van der Waals surface area contributed by atoms with Gasteiger partial charge in [-0.2, -0.15) is 0 Å². The molecule has 6 heteroatoms. The van der Waals surface area contributed by atoms with Gasteiger partial charge >= 0.3 is 0 Å². The molecular formula is C11H10INO2S2. The van der Waals surface area contributed by atoms with Gasteiger partial charge in [0.25, 0.3) is 5.91 Å². The molecule has 0 bridgehead atoms. The molecule has 17 heavy (non-hydrogen) atoms. The van der Waals surface area contributed by atoms with E-state index in [1.54, 1.807) is 11.0 Å². The zero-order valence-corrected chi connectivity index (χ0v) is 12.9. The van der Waals surface area contributed by atoms with E-state index in [2.05, 4.69) is 22.6 Å². The van der Waals surface area contributed by atoms with Gasteiger partial charge in [0.15, 0.2) is 3.77 Å². The summed E-state index contributed by atoms with van der Waals surface area (Å²) in [5.41, 5.74) is 0. The van der Waals surface area contributed by atoms with Crippen LogP contribution in [0.1, 0.15) is 19.1 Å². The summed E-state index contributed by atoms with van der Waals surface area (Å²) in [4.78, 5) is 14.3. The zero-order valence-electron chi connectivity index (χ0n) is 9.10. The van der Waals surface area contributed by atoms with Crippen LogP contribution in [0.3, 0.4) is 0 Å². The average Bonchev–Trinajstić information content (AvgIpc) is 2.79. The maximum Gasteiger partial charge on any atom is 0.266 e. The Morgan fingerprint density at radius 2 is 2.35 bits per heavy atom. The molecule has 1 saturated heterocycles. The van der Waals surface area contributed by atoms with Crippen LogP contribution in [-0.4, -0.2) is 21.7 Å². The molecule has 1 aliphatic rings. The van der Waals surface area contributed by atoms with Crippen molar-refractivity contribution in [2.24, 2.45) is 0 Å². The van der Waals surface area contributed by atoms with Gasteiger partial charge in [0.1, 0.15) is 10.1 Å². The van der Waals surface area contributed by atoms with Crippen LogP contribution in [0.2, 0.25) is 0 Å². The van der Waals surface area contributed by atoms with Crippen LogP contribution in [0, 0.1) is 3.77 Å². The summed E-state index contributed by atoms with van der Waals surface area (Å²) < 4.78 is 6.84. The third kappa shape index (κ3) is 2.92. The summed E-state index contributed by atoms with van der Waals surface area (Å²) in [6.07, 6.45) is 2.65. The second-order valence-electron chi connectivity index (χ2n) is 3.48. The largest absolute Gasteiger partial charge is 0.451 e. The minimum absolute atomic E-state index is 0.0201. The highest BCUT2D eigenvalue weighted by Gasteiger charge is 2.31. The summed E-state index contributed by atoms with van der Waals surface area (Å²) in [6, 6.07) is 3.70. The molecular weight excluding hydrogens is 369 g/mol. The molecule has 0 radical (unpaired) electrons. The van der Waals surface area contributed by atoms with E-state index in [1.165, 1.54) is 11.8 Å². The van der Waals surface area contributed by atoms with E-state index in [4.69, 9.17) is 16.6 Å². The van der Waals surface area contributed by atoms with Gasteiger partial charge in [-0.05, 0) is 41.1 Å². The first-order valence-electron chi connectivity index (χ1n) is 5.12. The average molecular weight is 379 g/mol. The number of thioether (sulfide) groups is 1. The van der Waals surface area contributed by atoms with Gasteiger partial charge in [-0.1, -0.05) is 30.9 Å². The van der Waals surface area contributed by atoms with Gasteiger partial charge in [0.05, 0.1) is 4.91 Å². The zero-order chi connectivity index (χ0) is 12.4. The van der Waals surface area contributed by atoms with Crippen molar-refractivity contribution < 1.29 is 9.21 Å². The lowest BCUT2D eigenvalue weighted by Crippen LogP contribution is -2.28. The van der Waals surface area contributed by atoms with Crippen LogP contribution >= 0.6 is 46.6 Å². The van der Waals surface area contributed by atoms with Crippen molar-refractivity contribution in [3.63, 3.8) is 0 Å². The van der Waals surface area contributed by atoms with Crippen molar-refractivity contribution >= 4 is 62.9 Å². The van der Waals surface area contributed by atoms with Crippen molar-refractivity contribution in [3.05, 3.63) is 26.6 Å². The Labute approximate surface area is 123 Å². The normalized spacial score (nSPS) is 18.5. The molecule has 90 valence electrons. The fourth-order valence-electron chi connectivity index (χ4n) is 1.45. The molecule has 0 saturated carbocycles. The van der Waals surface area contributed by atoms with Gasteiger partial charge in [-0.15, -0.1) is 0 Å². The number of rotatable bonds is 3. The van der Waals surface area contributed by atoms with Gasteiger partial charge < -0.3 is 4.42 Å². The number of hydrogen-bond donors (Lipinski definition) is 0. The van der Waals surface area contributed by atoms with E-state index in [-0.39, 0.29) is 5.91 Å². The fourth-order valence-corrected chi connectivity index (χ4v) is 3.17. The first-order chi connectivity index (χ1) is 8.11. The summed E-state index contributed by atoms with van der Waals surface area (Å²) in [5, 5.41) is 0. The minimum Gasteiger partial charge on any atom is -0.451 e. The lowest BCUT2D eigenvalue weighted by Gasteiger charge is -2.11. The van der Waals surface area contributed by atoms with Crippen LogP contribution < -0.4 is 0 Å². The first-order valence-corrected chi connectivity index (χ1v) is 7.43. The van der Waals surface area contributed by atoms with E-state index < -0.39 is 0 Å². The molecule has 0 unspecified atom stereocenters. The maximum absolute atomic E-state index is 12.0. The predicted molar refractivity (Wildman–Crippen MR) is 81.6 cm³/mol. The Morgan fingerprint density at radius 1 is 1.59 bits per heavy atom. The fraction of sp³-hybridized carbons (Fsp3) is 0.273. The summed E-state index contributed by atoms with van der Waals surface area (Å²) in [5.74, 6) is 0.666. The molecule has 1 aliphatic heterocycles. The Kier molecular flexibility index (Phi) is 4.26. The molecule has 0 N–H and O–H groups in total. The standard InChI is InChI=1S/C11H10INO2S2/c1-2-5-13-10(14)8(17-11(13)16)6-7-3-4-9(12)15-7/h3-4,6H,2,5H2,1H3/b8-6-. The Hall–Kier alpha value is -0.340. The molecule has 0 aliphatic carbocycles. The number of halogens is 1. The number of hydrogen-bond acceptors (Lipinski definition) is 4. The Bertz CT molecular complexity index is 495. The third-order valence-electron chi connectivity index (χ3n) is 2.19. The van der Waals surface area contributed by atoms with Gasteiger partial charge in [0.2, 0.25) is 0 Å². The summed E-state index contributed by atoms with van der Waals surface area (Å²) in [7, 11) is 0. The molecule has 0 atom stereocenters. The number of nitrogens with zero attached hydrogens (tertiary/aromatic N) is 1. The molecule has 0 aromatic carbocycles. The monoisotopic (exact) mass is 379 g/mol. The number of carbonyl (C=O) groups is 1. The van der Waals surface area contributed by atoms with Gasteiger partial charge in [0, 0.05) is 12.6 Å². The van der Waals surface area contributed by atoms with Crippen molar-refractivity contribution in [1.29, 1.82) is 0 Å². The lowest BCUT2D eigenvalue weighted by molar-refractivity contribution is -0.122. The van der Waals surface area contributed by atoms with Crippen molar-refractivity contribution in [1.82, 2.24) is 4.90 Å². The molecule has 2 heterocycles. The molecule has 1 aromatic heterocycles. The topological polar surface area (TPSA) is 33.5 Å². The smallest absolute Gasteiger partial charge is 0.266 e. The van der Waals surface area contributed by atoms with Crippen molar-refractivity contribution in [2.75, 3.05) is 6.54 Å². The second kappa shape index (κ2) is 5.53. The van der Waals surface area contributed by atoms with E-state index in [1.807, 2.05) is 19.1 Å². The quantitative estimate of drug-likeness (QED) is 0.457. The van der Waals surface area contributed by atoms with E-state index in [0.717, 1.165) is 10.2 Å². The highest BCUT2D eigenvalue weighted by atomic mass is 127. The first kappa shape index (κ1) is 13.1. The maximum atomic E-state index is 12.0. The van der Waals surface area contributed by atoms with E-state index in [9.17, 15) is 4.79 Å². The Balaban J connectivity index is 2.21. The van der Waals surface area contributed by atoms with Crippen LogP contribution in [0.25, 0.3) is 6.08 Å². The molecule has 1 aromatic rings. The van der Waals surface area contributed by atoms with Crippen LogP contribution in [0.5, 0.6) is 0 Å². The van der Waals surface area contributed by atoms with Crippen LogP contribution in [0.4, 0.5) is 0 Å². The van der Waals surface area contributed by atoms with Gasteiger partial charge in [-0.25, -0.2) is 0 Å². The van der Waals surface area contributed by atoms with Gasteiger partial charge in [-0.3, -0.25) is 9.69 Å². The van der Waals surface area contributed by atoms with Crippen LogP contribution in [-0.2, 0) is 4.79 Å². The molecule has 3 nitrogen and oxygen atoms in total. The molecule has 1 amide bonds. The third-order valence-corrected chi connectivity index (χ3v) is 4.15. The number of thiocarbonyl (C=S) groups is 1. The predicted octanol–water partition coefficient (Wildman–Crippen LogP) is 3.50. The Morgan fingerprint density at radius 3 is 2.94 bits per heavy atom. The SMILES string of the molecule is CCCN1C(=O)/C(=C/c2ccc(I)o2)SC1=S. The van der Waals surface area contributed by atoms with Crippen LogP contribution in [0.15, 0.2) is 21.5 Å². The minimum atomic E-state index is -0.0201. The second-order valence-corrected chi connectivity index (χ2v) is 6.21. The number of amides is 1. The molecule has 1 fully saturated rings. The number of furan rings is 1. The van der Waals surface area contributed by atoms with E-state index in [0.29, 0.717) is 21.5 Å². The van der Waals surface area contributed by atoms with Crippen molar-refractivity contribution in [3.8, 4) is 0 Å². The lowest BCUT2D eigenvalue weighted by atomic mass is 10.3. The summed E-state index contributed by atoms with van der Waals surface area (Å²) >= 11 is 8.60. The summed E-state index contributed by atoms with van der Waals surface area (Å²) in [6.45, 7) is 2.70. The highest BCUT2D eigenvalue weighted by Crippen LogP contribution is 2.32. The van der Waals surface area contributed by atoms with Crippen molar-refractivity contribution in [2.45, 2.75) is 13.3 Å².